The Bertz CT molecular complexity index is 686. The predicted molar refractivity (Wildman–Crippen MR) is 93.4 cm³/mol. The Hall–Kier alpha value is -2.37. The first kappa shape index (κ1) is 17.5. The van der Waals surface area contributed by atoms with Crippen LogP contribution in [0.25, 0.3) is 0 Å². The minimum absolute atomic E-state index is 0.00434. The van der Waals surface area contributed by atoms with Gasteiger partial charge in [0, 0.05) is 24.2 Å². The zero-order chi connectivity index (χ0) is 17.8. The number of hydrogen-bond acceptors (Lipinski definition) is 3. The lowest BCUT2D eigenvalue weighted by molar-refractivity contribution is -0.144. The van der Waals surface area contributed by atoms with Crippen molar-refractivity contribution in [2.24, 2.45) is 11.8 Å². The molecule has 0 saturated heterocycles. The van der Waals surface area contributed by atoms with Crippen molar-refractivity contribution >= 4 is 23.5 Å². The fourth-order valence-corrected chi connectivity index (χ4v) is 3.82. The van der Waals surface area contributed by atoms with E-state index in [0.29, 0.717) is 24.9 Å². The van der Waals surface area contributed by atoms with Gasteiger partial charge in [-0.15, -0.1) is 0 Å². The Kier molecular flexibility index (Phi) is 5.36. The molecule has 25 heavy (non-hydrogen) atoms. The molecule has 6 heteroatoms. The van der Waals surface area contributed by atoms with Gasteiger partial charge in [-0.05, 0) is 55.4 Å². The Labute approximate surface area is 147 Å². The van der Waals surface area contributed by atoms with Gasteiger partial charge in [-0.2, -0.15) is 0 Å². The average Bonchev–Trinajstić information content (AvgIpc) is 2.79. The standard InChI is InChI=1S/C19H24N2O4/c22-17-7-3-5-12-10-13(8-9-16(12)21-17)18(23)20-11-14-4-1-2-6-15(14)19(24)25/h8-10,14-15H,1-7,11H2,(H,20,23)(H,21,22)(H,24,25)/t14-,15-/m0/s1. The maximum absolute atomic E-state index is 12.5. The second-order valence-electron chi connectivity index (χ2n) is 6.97. The normalized spacial score (nSPS) is 23.1. The Morgan fingerprint density at radius 2 is 1.96 bits per heavy atom. The molecule has 1 heterocycles. The highest BCUT2D eigenvalue weighted by molar-refractivity contribution is 5.97. The number of amides is 2. The number of rotatable bonds is 4. The van der Waals surface area contributed by atoms with Gasteiger partial charge in [0.2, 0.25) is 5.91 Å². The topological polar surface area (TPSA) is 95.5 Å². The lowest BCUT2D eigenvalue weighted by Crippen LogP contribution is -2.37. The van der Waals surface area contributed by atoms with E-state index in [9.17, 15) is 19.5 Å². The number of anilines is 1. The van der Waals surface area contributed by atoms with Gasteiger partial charge < -0.3 is 15.7 Å². The molecule has 1 fully saturated rings. The molecule has 0 radical (unpaired) electrons. The van der Waals surface area contributed by atoms with Gasteiger partial charge in [-0.1, -0.05) is 12.8 Å². The van der Waals surface area contributed by atoms with Crippen molar-refractivity contribution in [3.8, 4) is 0 Å². The quantitative estimate of drug-likeness (QED) is 0.782. The van der Waals surface area contributed by atoms with E-state index in [2.05, 4.69) is 10.6 Å². The van der Waals surface area contributed by atoms with Gasteiger partial charge in [0.25, 0.3) is 5.91 Å². The van der Waals surface area contributed by atoms with Crippen molar-refractivity contribution in [2.75, 3.05) is 11.9 Å². The van der Waals surface area contributed by atoms with Crippen LogP contribution in [0, 0.1) is 11.8 Å². The minimum Gasteiger partial charge on any atom is -0.481 e. The van der Waals surface area contributed by atoms with Crippen molar-refractivity contribution in [3.05, 3.63) is 29.3 Å². The van der Waals surface area contributed by atoms with Crippen molar-refractivity contribution in [1.29, 1.82) is 0 Å². The van der Waals surface area contributed by atoms with Crippen LogP contribution in [0.4, 0.5) is 5.69 Å². The van der Waals surface area contributed by atoms with Crippen LogP contribution in [-0.2, 0) is 16.0 Å². The summed E-state index contributed by atoms with van der Waals surface area (Å²) < 4.78 is 0. The summed E-state index contributed by atoms with van der Waals surface area (Å²) in [6, 6.07) is 5.30. The largest absolute Gasteiger partial charge is 0.481 e. The van der Waals surface area contributed by atoms with E-state index in [1.54, 1.807) is 12.1 Å². The first-order chi connectivity index (χ1) is 12.0. The number of carbonyl (C=O) groups is 3. The lowest BCUT2D eigenvalue weighted by Gasteiger charge is -2.28. The van der Waals surface area contributed by atoms with Gasteiger partial charge in [0.05, 0.1) is 5.92 Å². The van der Waals surface area contributed by atoms with Crippen LogP contribution in [-0.4, -0.2) is 29.4 Å². The van der Waals surface area contributed by atoms with Crippen molar-refractivity contribution < 1.29 is 19.5 Å². The van der Waals surface area contributed by atoms with Crippen molar-refractivity contribution in [2.45, 2.75) is 44.9 Å². The maximum Gasteiger partial charge on any atom is 0.306 e. The van der Waals surface area contributed by atoms with Crippen LogP contribution in [0.15, 0.2) is 18.2 Å². The molecule has 2 amide bonds. The molecule has 0 unspecified atom stereocenters. The molecular formula is C19H24N2O4. The highest BCUT2D eigenvalue weighted by Crippen LogP contribution is 2.30. The molecule has 134 valence electrons. The third kappa shape index (κ3) is 4.18. The van der Waals surface area contributed by atoms with E-state index in [-0.39, 0.29) is 23.7 Å². The van der Waals surface area contributed by atoms with E-state index in [1.807, 2.05) is 6.07 Å². The number of carbonyl (C=O) groups excluding carboxylic acids is 2. The van der Waals surface area contributed by atoms with Gasteiger partial charge in [0.15, 0.2) is 0 Å². The molecule has 3 N–H and O–H groups in total. The molecule has 6 nitrogen and oxygen atoms in total. The number of benzene rings is 1. The number of fused-ring (bicyclic) bond motifs is 1. The number of aliphatic carboxylic acids is 1. The molecule has 1 aromatic rings. The molecule has 0 aromatic heterocycles. The summed E-state index contributed by atoms with van der Waals surface area (Å²) in [4.78, 5) is 35.4. The third-order valence-corrected chi connectivity index (χ3v) is 5.24. The fraction of sp³-hybridized carbons (Fsp3) is 0.526. The van der Waals surface area contributed by atoms with Crippen molar-refractivity contribution in [1.82, 2.24) is 5.32 Å². The van der Waals surface area contributed by atoms with Crippen LogP contribution in [0.2, 0.25) is 0 Å². The summed E-state index contributed by atoms with van der Waals surface area (Å²) in [5.74, 6) is -1.31. The van der Waals surface area contributed by atoms with Gasteiger partial charge in [0.1, 0.15) is 0 Å². The number of aryl methyl sites for hydroxylation is 1. The van der Waals surface area contributed by atoms with Crippen LogP contribution < -0.4 is 10.6 Å². The van der Waals surface area contributed by atoms with E-state index in [0.717, 1.165) is 43.4 Å². The summed E-state index contributed by atoms with van der Waals surface area (Å²) in [6.07, 6.45) is 5.52. The van der Waals surface area contributed by atoms with Crippen LogP contribution in [0.3, 0.4) is 0 Å². The summed E-state index contributed by atoms with van der Waals surface area (Å²) in [7, 11) is 0. The molecule has 0 bridgehead atoms. The Morgan fingerprint density at radius 1 is 1.16 bits per heavy atom. The number of carboxylic acid groups (broad SMARTS) is 1. The molecule has 1 saturated carbocycles. The highest BCUT2D eigenvalue weighted by atomic mass is 16.4. The predicted octanol–water partition coefficient (Wildman–Crippen LogP) is 2.58. The monoisotopic (exact) mass is 344 g/mol. The second kappa shape index (κ2) is 7.68. The second-order valence-corrected chi connectivity index (χ2v) is 6.97. The summed E-state index contributed by atoms with van der Waals surface area (Å²) in [5.41, 5.74) is 2.30. The van der Waals surface area contributed by atoms with Crippen molar-refractivity contribution in [3.63, 3.8) is 0 Å². The zero-order valence-electron chi connectivity index (χ0n) is 14.2. The Morgan fingerprint density at radius 3 is 2.76 bits per heavy atom. The number of nitrogens with one attached hydrogen (secondary N) is 2. The SMILES string of the molecule is O=C1CCCc2cc(C(=O)NC[C@@H]3CCCC[C@@H]3C(=O)O)ccc2N1. The average molecular weight is 344 g/mol. The molecule has 1 aliphatic heterocycles. The first-order valence-corrected chi connectivity index (χ1v) is 8.98. The van der Waals surface area contributed by atoms with Crippen LogP contribution in [0.1, 0.15) is 54.4 Å². The van der Waals surface area contributed by atoms with Gasteiger partial charge >= 0.3 is 5.97 Å². The maximum atomic E-state index is 12.5. The highest BCUT2D eigenvalue weighted by Gasteiger charge is 2.30. The van der Waals surface area contributed by atoms with Gasteiger partial charge in [-0.3, -0.25) is 14.4 Å². The third-order valence-electron chi connectivity index (χ3n) is 5.24. The van der Waals surface area contributed by atoms with E-state index < -0.39 is 5.97 Å². The molecule has 3 rings (SSSR count). The van der Waals surface area contributed by atoms with E-state index in [4.69, 9.17) is 0 Å². The van der Waals surface area contributed by atoms with Crippen LogP contribution in [0.5, 0.6) is 0 Å². The molecule has 1 aromatic carbocycles. The summed E-state index contributed by atoms with van der Waals surface area (Å²) in [6.45, 7) is 0.392. The van der Waals surface area contributed by atoms with Gasteiger partial charge in [-0.25, -0.2) is 0 Å². The molecule has 2 aliphatic rings. The Balaban J connectivity index is 1.64. The summed E-state index contributed by atoms with van der Waals surface area (Å²) in [5, 5.41) is 15.1. The number of hydrogen-bond donors (Lipinski definition) is 3. The molecule has 1 aliphatic carbocycles. The molecule has 0 spiro atoms. The smallest absolute Gasteiger partial charge is 0.306 e. The number of carboxylic acids is 1. The van der Waals surface area contributed by atoms with E-state index >= 15 is 0 Å². The van der Waals surface area contributed by atoms with Crippen LogP contribution >= 0.6 is 0 Å². The fourth-order valence-electron chi connectivity index (χ4n) is 3.82. The summed E-state index contributed by atoms with van der Waals surface area (Å²) >= 11 is 0. The van der Waals surface area contributed by atoms with E-state index in [1.165, 1.54) is 0 Å². The first-order valence-electron chi connectivity index (χ1n) is 8.98. The molecule has 2 atom stereocenters. The lowest BCUT2D eigenvalue weighted by atomic mass is 9.79. The minimum atomic E-state index is -0.764. The molecular weight excluding hydrogens is 320 g/mol. The zero-order valence-corrected chi connectivity index (χ0v) is 14.2.